The number of carboxylic acids is 1. The van der Waals surface area contributed by atoms with Gasteiger partial charge >= 0.3 is 5.97 Å². The molecule has 1 aromatic heterocycles. The Balaban J connectivity index is 1.33. The topological polar surface area (TPSA) is 102 Å². The maximum absolute atomic E-state index is 11.0. The minimum Gasteiger partial charge on any atom is -0.489 e. The number of rotatable bonds is 9. The van der Waals surface area contributed by atoms with Gasteiger partial charge in [-0.3, -0.25) is 9.69 Å². The molecule has 0 spiro atoms. The molecule has 0 aliphatic carbocycles. The lowest BCUT2D eigenvalue weighted by molar-refractivity contribution is -0.137. The lowest BCUT2D eigenvalue weighted by atomic mass is 9.96. The molecule has 0 radical (unpaired) electrons. The van der Waals surface area contributed by atoms with Crippen molar-refractivity contribution in [3.8, 4) is 5.75 Å². The van der Waals surface area contributed by atoms with Crippen molar-refractivity contribution in [1.82, 2.24) is 14.9 Å². The summed E-state index contributed by atoms with van der Waals surface area (Å²) >= 11 is 0. The molecule has 7 heteroatoms. The fourth-order valence-corrected chi connectivity index (χ4v) is 4.10. The zero-order valence-electron chi connectivity index (χ0n) is 18.5. The fraction of sp³-hybridized carbons (Fsp3) is 0.269. The number of hydrogen-bond donors (Lipinski definition) is 2. The van der Waals surface area contributed by atoms with E-state index in [0.717, 1.165) is 54.2 Å². The second kappa shape index (κ2) is 10.3. The molecule has 0 amide bonds. The molecule has 1 atom stereocenters. The van der Waals surface area contributed by atoms with Crippen molar-refractivity contribution in [2.45, 2.75) is 38.5 Å². The van der Waals surface area contributed by atoms with Crippen molar-refractivity contribution < 1.29 is 14.6 Å². The van der Waals surface area contributed by atoms with Crippen molar-refractivity contribution in [2.75, 3.05) is 12.3 Å². The number of carbonyl (C=O) groups is 1. The Morgan fingerprint density at radius 1 is 1.24 bits per heavy atom. The standard InChI is InChI=1S/C26H28N4O3/c1-2-20(13-25(31)32)21-6-8-23(9-7-21)33-17-19-5-3-4-18(12-19)15-30-11-10-24-22(16-30)14-28-26(27)29-24/h2-9,12,14,20H,1,10-11,13,15-17H2,(H,31,32)(H2,27,28,29)/t20-/m0/s1. The van der Waals surface area contributed by atoms with Gasteiger partial charge in [0, 0.05) is 43.7 Å². The summed E-state index contributed by atoms with van der Waals surface area (Å²) in [5.41, 5.74) is 11.1. The molecule has 0 unspecified atom stereocenters. The van der Waals surface area contributed by atoms with E-state index in [1.807, 2.05) is 30.5 Å². The quantitative estimate of drug-likeness (QED) is 0.482. The summed E-state index contributed by atoms with van der Waals surface area (Å²) < 4.78 is 5.96. The molecule has 170 valence electrons. The van der Waals surface area contributed by atoms with Gasteiger partial charge in [-0.05, 0) is 28.8 Å². The Hall–Kier alpha value is -3.71. The number of hydrogen-bond acceptors (Lipinski definition) is 6. The Bertz CT molecular complexity index is 1130. The Morgan fingerprint density at radius 3 is 2.79 bits per heavy atom. The van der Waals surface area contributed by atoms with E-state index in [2.05, 4.69) is 45.7 Å². The van der Waals surface area contributed by atoms with E-state index >= 15 is 0 Å². The van der Waals surface area contributed by atoms with Crippen LogP contribution in [0.1, 0.15) is 40.3 Å². The SMILES string of the molecule is C=C[C@@H](CC(=O)O)c1ccc(OCc2cccc(CN3CCc4nc(N)ncc4C3)c2)cc1. The number of aliphatic carboxylic acids is 1. The van der Waals surface area contributed by atoms with Crippen LogP contribution < -0.4 is 10.5 Å². The number of ether oxygens (including phenoxy) is 1. The molecule has 1 aliphatic rings. The van der Waals surface area contributed by atoms with Crippen LogP contribution in [0.2, 0.25) is 0 Å². The molecule has 2 heterocycles. The first kappa shape index (κ1) is 22.5. The first-order valence-corrected chi connectivity index (χ1v) is 11.0. The number of carboxylic acid groups (broad SMARTS) is 1. The van der Waals surface area contributed by atoms with Crippen LogP contribution in [0, 0.1) is 0 Å². The summed E-state index contributed by atoms with van der Waals surface area (Å²) in [7, 11) is 0. The zero-order chi connectivity index (χ0) is 23.2. The first-order chi connectivity index (χ1) is 16.0. The third-order valence-electron chi connectivity index (χ3n) is 5.82. The van der Waals surface area contributed by atoms with E-state index in [0.29, 0.717) is 12.6 Å². The van der Waals surface area contributed by atoms with Crippen molar-refractivity contribution in [2.24, 2.45) is 0 Å². The maximum Gasteiger partial charge on any atom is 0.304 e. The number of nitrogens with two attached hydrogens (primary N) is 1. The van der Waals surface area contributed by atoms with Gasteiger partial charge in [-0.1, -0.05) is 42.5 Å². The highest BCUT2D eigenvalue weighted by molar-refractivity contribution is 5.68. The van der Waals surface area contributed by atoms with Gasteiger partial charge in [-0.2, -0.15) is 0 Å². The molecule has 3 N–H and O–H groups in total. The molecule has 3 aromatic rings. The van der Waals surface area contributed by atoms with E-state index in [1.165, 1.54) is 5.56 Å². The summed E-state index contributed by atoms with van der Waals surface area (Å²) in [6.45, 7) is 6.80. The number of anilines is 1. The monoisotopic (exact) mass is 444 g/mol. The van der Waals surface area contributed by atoms with Gasteiger partial charge in [0.15, 0.2) is 0 Å². The van der Waals surface area contributed by atoms with E-state index in [9.17, 15) is 4.79 Å². The van der Waals surface area contributed by atoms with E-state index in [1.54, 1.807) is 6.08 Å². The zero-order valence-corrected chi connectivity index (χ0v) is 18.5. The minimum atomic E-state index is -0.841. The maximum atomic E-state index is 11.0. The van der Waals surface area contributed by atoms with Crippen molar-refractivity contribution in [3.63, 3.8) is 0 Å². The fourth-order valence-electron chi connectivity index (χ4n) is 4.10. The second-order valence-corrected chi connectivity index (χ2v) is 8.28. The summed E-state index contributed by atoms with van der Waals surface area (Å²) in [5, 5.41) is 9.03. The van der Waals surface area contributed by atoms with Crippen LogP contribution in [0.25, 0.3) is 0 Å². The molecular formula is C26H28N4O3. The average Bonchev–Trinajstić information content (AvgIpc) is 2.82. The van der Waals surface area contributed by atoms with E-state index in [-0.39, 0.29) is 12.3 Å². The van der Waals surface area contributed by atoms with E-state index in [4.69, 9.17) is 15.6 Å². The number of nitrogens with zero attached hydrogens (tertiary/aromatic N) is 3. The van der Waals surface area contributed by atoms with Crippen LogP contribution in [0.5, 0.6) is 5.75 Å². The number of allylic oxidation sites excluding steroid dienone is 1. The molecular weight excluding hydrogens is 416 g/mol. The lowest BCUT2D eigenvalue weighted by Crippen LogP contribution is -2.31. The summed E-state index contributed by atoms with van der Waals surface area (Å²) in [4.78, 5) is 21.9. The molecule has 1 aliphatic heterocycles. The number of nitrogen functional groups attached to an aromatic ring is 1. The molecule has 0 saturated heterocycles. The van der Waals surface area contributed by atoms with Gasteiger partial charge in [0.05, 0.1) is 12.1 Å². The normalized spacial score (nSPS) is 14.3. The van der Waals surface area contributed by atoms with Crippen LogP contribution in [0.4, 0.5) is 5.95 Å². The summed E-state index contributed by atoms with van der Waals surface area (Å²) in [6.07, 6.45) is 4.40. The molecule has 2 aromatic carbocycles. The molecule has 0 saturated carbocycles. The number of fused-ring (bicyclic) bond motifs is 1. The van der Waals surface area contributed by atoms with Crippen LogP contribution in [0.3, 0.4) is 0 Å². The Labute approximate surface area is 193 Å². The van der Waals surface area contributed by atoms with Gasteiger partial charge in [0.2, 0.25) is 5.95 Å². The smallest absolute Gasteiger partial charge is 0.304 e. The van der Waals surface area contributed by atoms with E-state index < -0.39 is 5.97 Å². The van der Waals surface area contributed by atoms with Gasteiger partial charge in [0.25, 0.3) is 0 Å². The summed E-state index contributed by atoms with van der Waals surface area (Å²) in [5.74, 6) is 0.0327. The minimum absolute atomic E-state index is 0.0280. The predicted octanol–water partition coefficient (Wildman–Crippen LogP) is 3.94. The molecule has 33 heavy (non-hydrogen) atoms. The molecule has 0 bridgehead atoms. The lowest BCUT2D eigenvalue weighted by Gasteiger charge is -2.28. The molecule has 0 fully saturated rings. The Morgan fingerprint density at radius 2 is 2.03 bits per heavy atom. The van der Waals surface area contributed by atoms with Crippen molar-refractivity contribution in [1.29, 1.82) is 0 Å². The van der Waals surface area contributed by atoms with Crippen LogP contribution >= 0.6 is 0 Å². The summed E-state index contributed by atoms with van der Waals surface area (Å²) in [6, 6.07) is 15.9. The van der Waals surface area contributed by atoms with Gasteiger partial charge in [0.1, 0.15) is 12.4 Å². The third-order valence-corrected chi connectivity index (χ3v) is 5.82. The number of aromatic nitrogens is 2. The highest BCUT2D eigenvalue weighted by Gasteiger charge is 2.18. The average molecular weight is 445 g/mol. The largest absolute Gasteiger partial charge is 0.489 e. The highest BCUT2D eigenvalue weighted by Crippen LogP contribution is 2.24. The third kappa shape index (κ3) is 5.96. The first-order valence-electron chi connectivity index (χ1n) is 11.0. The number of benzene rings is 2. The predicted molar refractivity (Wildman–Crippen MR) is 127 cm³/mol. The van der Waals surface area contributed by atoms with Crippen LogP contribution in [-0.4, -0.2) is 32.5 Å². The second-order valence-electron chi connectivity index (χ2n) is 8.28. The van der Waals surface area contributed by atoms with Crippen molar-refractivity contribution in [3.05, 3.63) is 95.3 Å². The molecule has 7 nitrogen and oxygen atoms in total. The molecule has 4 rings (SSSR count). The van der Waals surface area contributed by atoms with Gasteiger partial charge < -0.3 is 15.6 Å². The van der Waals surface area contributed by atoms with Gasteiger partial charge in [-0.15, -0.1) is 6.58 Å². The van der Waals surface area contributed by atoms with Gasteiger partial charge in [-0.25, -0.2) is 9.97 Å². The van der Waals surface area contributed by atoms with Crippen molar-refractivity contribution >= 4 is 11.9 Å². The van der Waals surface area contributed by atoms with Crippen LogP contribution in [-0.2, 0) is 30.9 Å². The van der Waals surface area contributed by atoms with Crippen LogP contribution in [0.15, 0.2) is 67.4 Å². The highest BCUT2D eigenvalue weighted by atomic mass is 16.5. The Kier molecular flexibility index (Phi) is 7.00.